The summed E-state index contributed by atoms with van der Waals surface area (Å²) in [6.07, 6.45) is 2.35. The summed E-state index contributed by atoms with van der Waals surface area (Å²) >= 11 is 0. The molecule has 4 heteroatoms. The zero-order valence-corrected chi connectivity index (χ0v) is 10.7. The molecule has 0 fully saturated rings. The fraction of sp³-hybridized carbons (Fsp3) is 0.846. The van der Waals surface area contributed by atoms with Crippen molar-refractivity contribution in [1.29, 1.82) is 0 Å². The number of rotatable bonds is 10. The van der Waals surface area contributed by atoms with Gasteiger partial charge in [-0.2, -0.15) is 13.2 Å². The van der Waals surface area contributed by atoms with E-state index in [9.17, 15) is 13.2 Å². The van der Waals surface area contributed by atoms with Gasteiger partial charge in [0.25, 0.3) is 0 Å². The van der Waals surface area contributed by atoms with Crippen molar-refractivity contribution in [3.63, 3.8) is 0 Å². The molecule has 0 aliphatic rings. The summed E-state index contributed by atoms with van der Waals surface area (Å²) < 4.78 is 36.9. The van der Waals surface area contributed by atoms with Gasteiger partial charge < -0.3 is 5.32 Å². The van der Waals surface area contributed by atoms with Gasteiger partial charge in [0.05, 0.1) is 6.42 Å². The molecule has 0 aromatic heterocycles. The van der Waals surface area contributed by atoms with Crippen LogP contribution in [-0.4, -0.2) is 18.8 Å². The Morgan fingerprint density at radius 3 is 2.47 bits per heavy atom. The fourth-order valence-corrected chi connectivity index (χ4v) is 1.76. The molecule has 1 atom stereocenters. The second-order valence-electron chi connectivity index (χ2n) is 4.40. The standard InChI is InChI=1S/C13H24F3N/c1-3-5-6-7-8-9-12(17-10-4-2)11-13(14,15)16/h3,12,17H,1,4-11H2,2H3. The third-order valence-corrected chi connectivity index (χ3v) is 2.62. The quantitative estimate of drug-likeness (QED) is 0.447. The Kier molecular flexibility index (Phi) is 9.23. The lowest BCUT2D eigenvalue weighted by atomic mass is 10.0. The second kappa shape index (κ2) is 9.51. The first-order valence-electron chi connectivity index (χ1n) is 6.40. The van der Waals surface area contributed by atoms with E-state index in [0.717, 1.165) is 32.1 Å². The van der Waals surface area contributed by atoms with Crippen LogP contribution in [0.5, 0.6) is 0 Å². The van der Waals surface area contributed by atoms with Gasteiger partial charge in [-0.05, 0) is 32.2 Å². The van der Waals surface area contributed by atoms with Gasteiger partial charge in [-0.25, -0.2) is 0 Å². The molecule has 102 valence electrons. The van der Waals surface area contributed by atoms with E-state index in [2.05, 4.69) is 11.9 Å². The highest BCUT2D eigenvalue weighted by atomic mass is 19.4. The Bertz CT molecular complexity index is 190. The van der Waals surface area contributed by atoms with E-state index >= 15 is 0 Å². The average molecular weight is 251 g/mol. The summed E-state index contributed by atoms with van der Waals surface area (Å²) in [6, 6.07) is -0.418. The highest BCUT2D eigenvalue weighted by molar-refractivity contribution is 4.71. The molecule has 0 saturated heterocycles. The molecule has 0 aromatic carbocycles. The lowest BCUT2D eigenvalue weighted by Gasteiger charge is -2.20. The Hall–Kier alpha value is -0.510. The summed E-state index contributed by atoms with van der Waals surface area (Å²) in [5.74, 6) is 0. The number of halogens is 3. The number of alkyl halides is 3. The van der Waals surface area contributed by atoms with Crippen molar-refractivity contribution in [3.05, 3.63) is 12.7 Å². The molecular formula is C13H24F3N. The molecule has 0 rings (SSSR count). The van der Waals surface area contributed by atoms with Crippen LogP contribution in [0.3, 0.4) is 0 Å². The summed E-state index contributed by atoms with van der Waals surface area (Å²) in [7, 11) is 0. The lowest BCUT2D eigenvalue weighted by Crippen LogP contribution is -2.34. The zero-order valence-electron chi connectivity index (χ0n) is 10.7. The molecule has 1 nitrogen and oxygen atoms in total. The van der Waals surface area contributed by atoms with E-state index in [0.29, 0.717) is 13.0 Å². The molecule has 0 spiro atoms. The van der Waals surface area contributed by atoms with Crippen LogP contribution in [-0.2, 0) is 0 Å². The maximum Gasteiger partial charge on any atom is 0.390 e. The van der Waals surface area contributed by atoms with Crippen molar-refractivity contribution in [2.75, 3.05) is 6.54 Å². The van der Waals surface area contributed by atoms with Crippen molar-refractivity contribution in [2.45, 2.75) is 64.1 Å². The van der Waals surface area contributed by atoms with E-state index in [1.165, 1.54) is 0 Å². The molecule has 17 heavy (non-hydrogen) atoms. The van der Waals surface area contributed by atoms with Crippen LogP contribution in [0.2, 0.25) is 0 Å². The highest BCUT2D eigenvalue weighted by Gasteiger charge is 2.31. The van der Waals surface area contributed by atoms with Crippen molar-refractivity contribution in [2.24, 2.45) is 0 Å². The number of hydrogen-bond acceptors (Lipinski definition) is 1. The van der Waals surface area contributed by atoms with E-state index < -0.39 is 18.6 Å². The van der Waals surface area contributed by atoms with E-state index in [-0.39, 0.29) is 0 Å². The van der Waals surface area contributed by atoms with Gasteiger partial charge in [-0.15, -0.1) is 6.58 Å². The molecular weight excluding hydrogens is 227 g/mol. The first kappa shape index (κ1) is 16.5. The molecule has 0 bridgehead atoms. The van der Waals surface area contributed by atoms with Crippen molar-refractivity contribution in [3.8, 4) is 0 Å². The molecule has 1 unspecified atom stereocenters. The van der Waals surface area contributed by atoms with E-state index in [4.69, 9.17) is 0 Å². The average Bonchev–Trinajstić information content (AvgIpc) is 2.23. The highest BCUT2D eigenvalue weighted by Crippen LogP contribution is 2.23. The Balaban J connectivity index is 3.80. The zero-order chi connectivity index (χ0) is 13.1. The molecule has 0 aliphatic heterocycles. The molecule has 0 aromatic rings. The Morgan fingerprint density at radius 1 is 1.24 bits per heavy atom. The van der Waals surface area contributed by atoms with Crippen LogP contribution >= 0.6 is 0 Å². The molecule has 0 aliphatic carbocycles. The number of allylic oxidation sites excluding steroid dienone is 1. The van der Waals surface area contributed by atoms with E-state index in [1.54, 1.807) is 0 Å². The minimum atomic E-state index is -4.06. The van der Waals surface area contributed by atoms with Gasteiger partial charge in [-0.3, -0.25) is 0 Å². The minimum Gasteiger partial charge on any atom is -0.314 e. The monoisotopic (exact) mass is 251 g/mol. The maximum absolute atomic E-state index is 12.3. The van der Waals surface area contributed by atoms with Crippen molar-refractivity contribution in [1.82, 2.24) is 5.32 Å². The van der Waals surface area contributed by atoms with Crippen LogP contribution < -0.4 is 5.32 Å². The van der Waals surface area contributed by atoms with Gasteiger partial charge in [0.15, 0.2) is 0 Å². The first-order chi connectivity index (χ1) is 7.99. The summed E-state index contributed by atoms with van der Waals surface area (Å²) in [5, 5.41) is 2.98. The topological polar surface area (TPSA) is 12.0 Å². The maximum atomic E-state index is 12.3. The van der Waals surface area contributed by atoms with Crippen LogP contribution in [0.15, 0.2) is 12.7 Å². The smallest absolute Gasteiger partial charge is 0.314 e. The lowest BCUT2D eigenvalue weighted by molar-refractivity contribution is -0.140. The Morgan fingerprint density at radius 2 is 1.94 bits per heavy atom. The van der Waals surface area contributed by atoms with Gasteiger partial charge >= 0.3 is 6.18 Å². The normalized spacial score (nSPS) is 13.6. The van der Waals surface area contributed by atoms with E-state index in [1.807, 2.05) is 13.0 Å². The molecule has 0 heterocycles. The number of nitrogens with one attached hydrogen (secondary N) is 1. The summed E-state index contributed by atoms with van der Waals surface area (Å²) in [4.78, 5) is 0. The van der Waals surface area contributed by atoms with Gasteiger partial charge in [0, 0.05) is 6.04 Å². The number of hydrogen-bond donors (Lipinski definition) is 1. The summed E-state index contributed by atoms with van der Waals surface area (Å²) in [6.45, 7) is 6.24. The predicted octanol–water partition coefficient (Wildman–Crippen LogP) is 4.44. The third kappa shape index (κ3) is 11.7. The molecule has 0 amide bonds. The fourth-order valence-electron chi connectivity index (χ4n) is 1.76. The van der Waals surface area contributed by atoms with Crippen molar-refractivity contribution >= 4 is 0 Å². The van der Waals surface area contributed by atoms with Gasteiger partial charge in [0.1, 0.15) is 0 Å². The summed E-state index contributed by atoms with van der Waals surface area (Å²) in [5.41, 5.74) is 0. The largest absolute Gasteiger partial charge is 0.390 e. The third-order valence-electron chi connectivity index (χ3n) is 2.62. The molecule has 0 saturated carbocycles. The first-order valence-corrected chi connectivity index (χ1v) is 6.40. The predicted molar refractivity (Wildman–Crippen MR) is 66.0 cm³/mol. The minimum absolute atomic E-state index is 0.418. The van der Waals surface area contributed by atoms with Gasteiger partial charge in [-0.1, -0.05) is 25.8 Å². The van der Waals surface area contributed by atoms with Crippen LogP contribution in [0.1, 0.15) is 51.9 Å². The Labute approximate surface area is 102 Å². The molecule has 1 N–H and O–H groups in total. The molecule has 0 radical (unpaired) electrons. The number of unbranched alkanes of at least 4 members (excludes halogenated alkanes) is 3. The van der Waals surface area contributed by atoms with Gasteiger partial charge in [0.2, 0.25) is 0 Å². The van der Waals surface area contributed by atoms with Crippen LogP contribution in [0.4, 0.5) is 13.2 Å². The SMILES string of the molecule is C=CCCCCCC(CC(F)(F)F)NCCC. The van der Waals surface area contributed by atoms with Crippen LogP contribution in [0, 0.1) is 0 Å². The van der Waals surface area contributed by atoms with Crippen molar-refractivity contribution < 1.29 is 13.2 Å². The van der Waals surface area contributed by atoms with Crippen LogP contribution in [0.25, 0.3) is 0 Å². The second-order valence-corrected chi connectivity index (χ2v) is 4.40.